The van der Waals surface area contributed by atoms with Gasteiger partial charge in [-0.3, -0.25) is 4.79 Å². The fraction of sp³-hybridized carbons (Fsp3) is 0.222. The standard InChI is InChI=1S/C27H32N2O3/c1-3-5-6-7-8-9-13-21(12-4-2)25-23-15-11-10-14-22(23)20-24(26(25)27(28)31)32-19-17-29-16-18-30/h3-4,6-11,13-15,20,29-30H,1-2,5,12,16-19H2,(H2,28,31). The van der Waals surface area contributed by atoms with Crippen molar-refractivity contribution < 1.29 is 14.6 Å². The van der Waals surface area contributed by atoms with Gasteiger partial charge < -0.3 is 20.9 Å². The first-order valence-corrected chi connectivity index (χ1v) is 10.7. The van der Waals surface area contributed by atoms with E-state index < -0.39 is 5.91 Å². The fourth-order valence-electron chi connectivity index (χ4n) is 3.35. The van der Waals surface area contributed by atoms with Gasteiger partial charge in [0.2, 0.25) is 0 Å². The Hall–Kier alpha value is -3.41. The van der Waals surface area contributed by atoms with Crippen LogP contribution in [0.25, 0.3) is 16.3 Å². The molecule has 0 saturated heterocycles. The second-order valence-electron chi connectivity index (χ2n) is 7.05. The van der Waals surface area contributed by atoms with Gasteiger partial charge in [0, 0.05) is 18.7 Å². The number of fused-ring (bicyclic) bond motifs is 1. The molecule has 0 unspecified atom stereocenters. The molecule has 0 spiro atoms. The minimum atomic E-state index is -0.547. The molecule has 0 fully saturated rings. The number of rotatable bonds is 14. The van der Waals surface area contributed by atoms with E-state index in [4.69, 9.17) is 15.6 Å². The maximum absolute atomic E-state index is 12.6. The van der Waals surface area contributed by atoms with Crippen LogP contribution in [0.4, 0.5) is 0 Å². The number of ether oxygens (including phenoxy) is 1. The lowest BCUT2D eigenvalue weighted by molar-refractivity contribution is 0.0996. The minimum Gasteiger partial charge on any atom is -0.491 e. The van der Waals surface area contributed by atoms with Crippen molar-refractivity contribution in [1.82, 2.24) is 5.32 Å². The number of allylic oxidation sites excluding steroid dienone is 8. The summed E-state index contributed by atoms with van der Waals surface area (Å²) in [6.07, 6.45) is 14.8. The molecule has 0 aromatic heterocycles. The van der Waals surface area contributed by atoms with Gasteiger partial charge >= 0.3 is 0 Å². The Bertz CT molecular complexity index is 1020. The van der Waals surface area contributed by atoms with E-state index in [1.807, 2.05) is 66.8 Å². The van der Waals surface area contributed by atoms with Crippen molar-refractivity contribution in [3.05, 3.63) is 97.1 Å². The zero-order valence-electron chi connectivity index (χ0n) is 18.4. The van der Waals surface area contributed by atoms with Crippen LogP contribution in [-0.4, -0.2) is 37.3 Å². The van der Waals surface area contributed by atoms with Crippen molar-refractivity contribution in [3.63, 3.8) is 0 Å². The highest BCUT2D eigenvalue weighted by atomic mass is 16.5. The summed E-state index contributed by atoms with van der Waals surface area (Å²) in [5, 5.41) is 13.8. The predicted molar refractivity (Wildman–Crippen MR) is 134 cm³/mol. The van der Waals surface area contributed by atoms with Crippen LogP contribution in [0.3, 0.4) is 0 Å². The Morgan fingerprint density at radius 2 is 1.91 bits per heavy atom. The SMILES string of the molecule is C=CCC=CC=CC=C(CC=C)c1c(C(N)=O)c(OCCNCCO)cc2ccccc12. The molecule has 32 heavy (non-hydrogen) atoms. The van der Waals surface area contributed by atoms with Crippen LogP contribution in [0.1, 0.15) is 28.8 Å². The average Bonchev–Trinajstić information content (AvgIpc) is 2.79. The first kappa shape index (κ1) is 24.9. The third-order valence-electron chi connectivity index (χ3n) is 4.73. The van der Waals surface area contributed by atoms with Gasteiger partial charge in [-0.1, -0.05) is 66.8 Å². The second kappa shape index (κ2) is 13.8. The summed E-state index contributed by atoms with van der Waals surface area (Å²) in [5.74, 6) is -0.101. The van der Waals surface area contributed by atoms with Gasteiger partial charge in [0.1, 0.15) is 12.4 Å². The number of nitrogens with two attached hydrogens (primary N) is 1. The first-order valence-electron chi connectivity index (χ1n) is 10.7. The molecule has 168 valence electrons. The van der Waals surface area contributed by atoms with E-state index in [1.54, 1.807) is 6.08 Å². The lowest BCUT2D eigenvalue weighted by atomic mass is 9.90. The Morgan fingerprint density at radius 3 is 2.62 bits per heavy atom. The lowest BCUT2D eigenvalue weighted by Gasteiger charge is -2.18. The number of aliphatic hydroxyl groups excluding tert-OH is 1. The molecule has 0 aliphatic rings. The largest absolute Gasteiger partial charge is 0.491 e. The molecule has 0 aliphatic carbocycles. The number of hydrogen-bond acceptors (Lipinski definition) is 4. The number of primary amides is 1. The predicted octanol–water partition coefficient (Wildman–Crippen LogP) is 4.55. The summed E-state index contributed by atoms with van der Waals surface area (Å²) in [5.41, 5.74) is 7.88. The van der Waals surface area contributed by atoms with Crippen molar-refractivity contribution in [2.45, 2.75) is 12.8 Å². The monoisotopic (exact) mass is 432 g/mol. The molecule has 1 amide bonds. The topological polar surface area (TPSA) is 84.6 Å². The molecule has 4 N–H and O–H groups in total. The lowest BCUT2D eigenvalue weighted by Crippen LogP contribution is -2.25. The molecule has 0 aliphatic heterocycles. The zero-order chi connectivity index (χ0) is 23.2. The molecule has 5 nitrogen and oxygen atoms in total. The number of benzene rings is 2. The highest BCUT2D eigenvalue weighted by molar-refractivity contribution is 6.09. The van der Waals surface area contributed by atoms with Crippen LogP contribution in [0, 0.1) is 0 Å². The molecule has 2 aromatic rings. The highest BCUT2D eigenvalue weighted by Gasteiger charge is 2.21. The molecule has 5 heteroatoms. The highest BCUT2D eigenvalue weighted by Crippen LogP contribution is 2.37. The third-order valence-corrected chi connectivity index (χ3v) is 4.73. The van der Waals surface area contributed by atoms with E-state index >= 15 is 0 Å². The van der Waals surface area contributed by atoms with Crippen molar-refractivity contribution in [2.24, 2.45) is 5.73 Å². The van der Waals surface area contributed by atoms with E-state index in [0.29, 0.717) is 37.4 Å². The summed E-state index contributed by atoms with van der Waals surface area (Å²) in [6, 6.07) is 9.71. The first-order chi connectivity index (χ1) is 15.6. The molecule has 2 rings (SSSR count). The van der Waals surface area contributed by atoms with E-state index in [-0.39, 0.29) is 6.61 Å². The number of amides is 1. The normalized spacial score (nSPS) is 12.0. The third kappa shape index (κ3) is 7.08. The Balaban J connectivity index is 2.56. The molecule has 0 heterocycles. The summed E-state index contributed by atoms with van der Waals surface area (Å²) < 4.78 is 5.96. The average molecular weight is 433 g/mol. The van der Waals surface area contributed by atoms with Crippen LogP contribution in [-0.2, 0) is 0 Å². The van der Waals surface area contributed by atoms with E-state index in [2.05, 4.69) is 18.5 Å². The number of carbonyl (C=O) groups is 1. The van der Waals surface area contributed by atoms with Crippen LogP contribution in [0.2, 0.25) is 0 Å². The summed E-state index contributed by atoms with van der Waals surface area (Å²) in [4.78, 5) is 12.6. The summed E-state index contributed by atoms with van der Waals surface area (Å²) in [7, 11) is 0. The van der Waals surface area contributed by atoms with Crippen molar-refractivity contribution >= 4 is 22.3 Å². The molecular formula is C27H32N2O3. The van der Waals surface area contributed by atoms with E-state index in [0.717, 1.165) is 28.3 Å². The quantitative estimate of drug-likeness (QED) is 0.232. The van der Waals surface area contributed by atoms with Gasteiger partial charge in [-0.25, -0.2) is 0 Å². The fourth-order valence-corrected chi connectivity index (χ4v) is 3.35. The van der Waals surface area contributed by atoms with Crippen molar-refractivity contribution in [2.75, 3.05) is 26.3 Å². The molecule has 0 saturated carbocycles. The second-order valence-corrected chi connectivity index (χ2v) is 7.05. The van der Waals surface area contributed by atoms with Crippen LogP contribution in [0.15, 0.2) is 86.0 Å². The van der Waals surface area contributed by atoms with Crippen LogP contribution in [0.5, 0.6) is 5.75 Å². The van der Waals surface area contributed by atoms with E-state index in [1.165, 1.54) is 0 Å². The van der Waals surface area contributed by atoms with Crippen molar-refractivity contribution in [3.8, 4) is 5.75 Å². The Morgan fingerprint density at radius 1 is 1.09 bits per heavy atom. The molecule has 0 atom stereocenters. The Kier molecular flexibility index (Phi) is 10.7. The maximum atomic E-state index is 12.6. The van der Waals surface area contributed by atoms with Gasteiger partial charge in [0.05, 0.1) is 12.2 Å². The van der Waals surface area contributed by atoms with Gasteiger partial charge in [-0.05, 0) is 35.3 Å². The van der Waals surface area contributed by atoms with Gasteiger partial charge in [0.25, 0.3) is 5.91 Å². The van der Waals surface area contributed by atoms with Gasteiger partial charge in [-0.15, -0.1) is 13.2 Å². The van der Waals surface area contributed by atoms with Crippen molar-refractivity contribution in [1.29, 1.82) is 0 Å². The molecule has 0 radical (unpaired) electrons. The minimum absolute atomic E-state index is 0.0542. The number of nitrogens with one attached hydrogen (secondary N) is 1. The number of hydrogen-bond donors (Lipinski definition) is 3. The number of aliphatic hydroxyl groups is 1. The van der Waals surface area contributed by atoms with E-state index in [9.17, 15) is 4.79 Å². The molecule has 0 bridgehead atoms. The maximum Gasteiger partial charge on any atom is 0.253 e. The van der Waals surface area contributed by atoms with Crippen LogP contribution < -0.4 is 15.8 Å². The number of carbonyl (C=O) groups excluding carboxylic acids is 1. The summed E-state index contributed by atoms with van der Waals surface area (Å²) in [6.45, 7) is 9.00. The zero-order valence-corrected chi connectivity index (χ0v) is 18.4. The Labute approximate surface area is 190 Å². The van der Waals surface area contributed by atoms with Gasteiger partial charge in [-0.2, -0.15) is 0 Å². The van der Waals surface area contributed by atoms with Crippen LogP contribution >= 0.6 is 0 Å². The smallest absolute Gasteiger partial charge is 0.253 e. The van der Waals surface area contributed by atoms with Gasteiger partial charge in [0.15, 0.2) is 0 Å². The molecule has 2 aromatic carbocycles. The summed E-state index contributed by atoms with van der Waals surface area (Å²) >= 11 is 0. The molecular weight excluding hydrogens is 400 g/mol.